The smallest absolute Gasteiger partial charge is 0.123 e. The summed E-state index contributed by atoms with van der Waals surface area (Å²) in [6.07, 6.45) is 3.55. The number of benzene rings is 3. The number of halogens is 1. The molecule has 0 amide bonds. The van der Waals surface area contributed by atoms with Crippen LogP contribution in [0.25, 0.3) is 22.4 Å². The molecule has 1 aliphatic rings. The van der Waals surface area contributed by atoms with Crippen molar-refractivity contribution >= 4 is 5.69 Å². The lowest BCUT2D eigenvalue weighted by molar-refractivity contribution is 0.403. The van der Waals surface area contributed by atoms with E-state index in [0.29, 0.717) is 11.8 Å². The van der Waals surface area contributed by atoms with Crippen molar-refractivity contribution in [3.8, 4) is 22.4 Å². The van der Waals surface area contributed by atoms with Crippen LogP contribution in [0.4, 0.5) is 10.1 Å². The first-order valence-corrected chi connectivity index (χ1v) is 13.8. The van der Waals surface area contributed by atoms with Crippen molar-refractivity contribution in [2.45, 2.75) is 59.4 Å². The minimum Gasteiger partial charge on any atom is -0.370 e. The van der Waals surface area contributed by atoms with Gasteiger partial charge in [0.05, 0.1) is 11.4 Å². The molecule has 0 N–H and O–H groups in total. The fraction of sp³-hybridized carbons (Fsp3) is 0.353. The van der Waals surface area contributed by atoms with Crippen LogP contribution >= 0.6 is 0 Å². The van der Waals surface area contributed by atoms with E-state index in [4.69, 9.17) is 0 Å². The average molecular weight is 495 g/mol. The Morgan fingerprint density at radius 1 is 0.838 bits per heavy atom. The second-order valence-electron chi connectivity index (χ2n) is 10.8. The minimum absolute atomic E-state index is 0.194. The lowest BCUT2D eigenvalue weighted by atomic mass is 9.89. The maximum Gasteiger partial charge on any atom is 0.123 e. The van der Waals surface area contributed by atoms with Crippen LogP contribution < -0.4 is 4.90 Å². The first kappa shape index (κ1) is 25.3. The van der Waals surface area contributed by atoms with Gasteiger partial charge in [-0.1, -0.05) is 74.0 Å². The Labute approximate surface area is 221 Å². The van der Waals surface area contributed by atoms with Gasteiger partial charge in [-0.05, 0) is 85.9 Å². The standard InChI is InChI=1S/C34H39FN2/c1-5-37-32(24(2)3)34(36-21-19-27(20-22-36)23-26-9-7-6-8-10-26)31(28-13-11-25(4)12-14-28)33(37)29-15-17-30(35)18-16-29/h6-18,24,27H,5,19-23H2,1-4H3. The van der Waals surface area contributed by atoms with Gasteiger partial charge in [0.1, 0.15) is 5.82 Å². The van der Waals surface area contributed by atoms with E-state index < -0.39 is 0 Å². The van der Waals surface area contributed by atoms with Crippen molar-refractivity contribution in [2.24, 2.45) is 5.92 Å². The van der Waals surface area contributed by atoms with Crippen molar-refractivity contribution in [3.63, 3.8) is 0 Å². The summed E-state index contributed by atoms with van der Waals surface area (Å²) >= 11 is 0. The molecule has 0 aliphatic carbocycles. The highest BCUT2D eigenvalue weighted by Crippen LogP contribution is 2.48. The molecule has 2 nitrogen and oxygen atoms in total. The molecule has 37 heavy (non-hydrogen) atoms. The van der Waals surface area contributed by atoms with Crippen LogP contribution in [-0.4, -0.2) is 17.7 Å². The average Bonchev–Trinajstić information content (AvgIpc) is 3.26. The van der Waals surface area contributed by atoms with E-state index in [0.717, 1.165) is 31.6 Å². The molecule has 5 rings (SSSR count). The number of hydrogen-bond acceptors (Lipinski definition) is 1. The summed E-state index contributed by atoms with van der Waals surface area (Å²) in [6, 6.07) is 26.9. The lowest BCUT2D eigenvalue weighted by Gasteiger charge is -2.35. The molecule has 4 aromatic rings. The zero-order chi connectivity index (χ0) is 25.9. The van der Waals surface area contributed by atoms with Crippen molar-refractivity contribution in [1.29, 1.82) is 0 Å². The van der Waals surface area contributed by atoms with Gasteiger partial charge in [-0.25, -0.2) is 4.39 Å². The van der Waals surface area contributed by atoms with E-state index in [9.17, 15) is 4.39 Å². The maximum absolute atomic E-state index is 13.9. The molecule has 0 bridgehead atoms. The van der Waals surface area contributed by atoms with E-state index >= 15 is 0 Å². The van der Waals surface area contributed by atoms with Crippen molar-refractivity contribution in [1.82, 2.24) is 4.57 Å². The number of hydrogen-bond donors (Lipinski definition) is 0. The van der Waals surface area contributed by atoms with Crippen LogP contribution in [0, 0.1) is 18.7 Å². The van der Waals surface area contributed by atoms with E-state index in [-0.39, 0.29) is 5.82 Å². The summed E-state index contributed by atoms with van der Waals surface area (Å²) in [6.45, 7) is 12.0. The highest BCUT2D eigenvalue weighted by Gasteiger charge is 2.31. The molecular weight excluding hydrogens is 455 g/mol. The molecule has 192 valence electrons. The van der Waals surface area contributed by atoms with Crippen LogP contribution in [0.15, 0.2) is 78.9 Å². The van der Waals surface area contributed by atoms with Gasteiger partial charge in [0.25, 0.3) is 0 Å². The van der Waals surface area contributed by atoms with E-state index in [1.54, 1.807) is 12.1 Å². The Morgan fingerprint density at radius 3 is 2.05 bits per heavy atom. The minimum atomic E-state index is -0.194. The number of rotatable bonds is 7. The second kappa shape index (κ2) is 11.0. The number of anilines is 1. The normalized spacial score (nSPS) is 14.5. The second-order valence-corrected chi connectivity index (χ2v) is 10.8. The van der Waals surface area contributed by atoms with E-state index in [1.807, 2.05) is 12.1 Å². The fourth-order valence-electron chi connectivity index (χ4n) is 6.07. The Hall–Kier alpha value is -3.33. The molecule has 2 heterocycles. The molecule has 0 unspecified atom stereocenters. The van der Waals surface area contributed by atoms with Gasteiger partial charge in [-0.15, -0.1) is 0 Å². The van der Waals surface area contributed by atoms with Gasteiger partial charge >= 0.3 is 0 Å². The maximum atomic E-state index is 13.9. The zero-order valence-corrected chi connectivity index (χ0v) is 22.7. The first-order chi connectivity index (χ1) is 18.0. The molecule has 0 radical (unpaired) electrons. The molecule has 1 aliphatic heterocycles. The van der Waals surface area contributed by atoms with Crippen LogP contribution in [-0.2, 0) is 13.0 Å². The summed E-state index contributed by atoms with van der Waals surface area (Å²) in [5.74, 6) is 0.893. The first-order valence-electron chi connectivity index (χ1n) is 13.8. The van der Waals surface area contributed by atoms with Gasteiger partial charge in [0.15, 0.2) is 0 Å². The highest BCUT2D eigenvalue weighted by atomic mass is 19.1. The fourth-order valence-corrected chi connectivity index (χ4v) is 6.07. The summed E-state index contributed by atoms with van der Waals surface area (Å²) < 4.78 is 16.4. The van der Waals surface area contributed by atoms with Crippen molar-refractivity contribution < 1.29 is 4.39 Å². The monoisotopic (exact) mass is 494 g/mol. The van der Waals surface area contributed by atoms with Crippen LogP contribution in [0.5, 0.6) is 0 Å². The van der Waals surface area contributed by atoms with Gasteiger partial charge in [-0.2, -0.15) is 0 Å². The number of piperidine rings is 1. The summed E-state index contributed by atoms with van der Waals surface area (Å²) in [5, 5.41) is 0. The Bertz CT molecular complexity index is 1310. The molecule has 1 fully saturated rings. The molecule has 3 aromatic carbocycles. The van der Waals surface area contributed by atoms with Gasteiger partial charge in [0, 0.05) is 30.9 Å². The zero-order valence-electron chi connectivity index (χ0n) is 22.7. The third-order valence-corrected chi connectivity index (χ3v) is 7.90. The van der Waals surface area contributed by atoms with Gasteiger partial charge in [-0.3, -0.25) is 0 Å². The van der Waals surface area contributed by atoms with Crippen LogP contribution in [0.2, 0.25) is 0 Å². The molecule has 0 saturated carbocycles. The van der Waals surface area contributed by atoms with Crippen LogP contribution in [0.3, 0.4) is 0 Å². The summed E-state index contributed by atoms with van der Waals surface area (Å²) in [4.78, 5) is 2.64. The quantitative estimate of drug-likeness (QED) is 0.249. The number of aromatic nitrogens is 1. The van der Waals surface area contributed by atoms with Crippen molar-refractivity contribution in [2.75, 3.05) is 18.0 Å². The molecule has 0 atom stereocenters. The predicted octanol–water partition coefficient (Wildman–Crippen LogP) is 8.87. The molecule has 1 aromatic heterocycles. The van der Waals surface area contributed by atoms with Crippen LogP contribution in [0.1, 0.15) is 56.4 Å². The Kier molecular flexibility index (Phi) is 7.50. The van der Waals surface area contributed by atoms with E-state index in [1.165, 1.54) is 52.2 Å². The topological polar surface area (TPSA) is 8.17 Å². The molecule has 0 spiro atoms. The van der Waals surface area contributed by atoms with Crippen molar-refractivity contribution in [3.05, 3.63) is 102 Å². The summed E-state index contributed by atoms with van der Waals surface area (Å²) in [5.41, 5.74) is 10.3. The third-order valence-electron chi connectivity index (χ3n) is 7.90. The lowest BCUT2D eigenvalue weighted by Crippen LogP contribution is -2.35. The largest absolute Gasteiger partial charge is 0.370 e. The Morgan fingerprint density at radius 2 is 1.46 bits per heavy atom. The number of aryl methyl sites for hydroxylation is 1. The van der Waals surface area contributed by atoms with Gasteiger partial charge < -0.3 is 9.47 Å². The van der Waals surface area contributed by atoms with E-state index in [2.05, 4.69) is 91.8 Å². The number of nitrogens with zero attached hydrogens (tertiary/aromatic N) is 2. The molecule has 1 saturated heterocycles. The third kappa shape index (κ3) is 5.23. The molecular formula is C34H39FN2. The SMILES string of the molecule is CCn1c(-c2ccc(F)cc2)c(-c2ccc(C)cc2)c(N2CCC(Cc3ccccc3)CC2)c1C(C)C. The predicted molar refractivity (Wildman–Crippen MR) is 155 cm³/mol. The summed E-state index contributed by atoms with van der Waals surface area (Å²) in [7, 11) is 0. The highest BCUT2D eigenvalue weighted by molar-refractivity contribution is 5.94. The van der Waals surface area contributed by atoms with Gasteiger partial charge in [0.2, 0.25) is 0 Å². The Balaban J connectivity index is 1.60. The molecule has 3 heteroatoms.